The van der Waals surface area contributed by atoms with E-state index in [2.05, 4.69) is 27.5 Å². The van der Waals surface area contributed by atoms with Crippen molar-refractivity contribution < 1.29 is 9.13 Å². The van der Waals surface area contributed by atoms with Crippen LogP contribution in [0.4, 0.5) is 4.39 Å². The van der Waals surface area contributed by atoms with Crippen LogP contribution in [-0.4, -0.2) is 37.7 Å². The molecule has 28 heavy (non-hydrogen) atoms. The molecule has 0 amide bonds. The monoisotopic (exact) mass is 518 g/mol. The third kappa shape index (κ3) is 5.64. The average Bonchev–Trinajstić information content (AvgIpc) is 3.01. The van der Waals surface area contributed by atoms with Gasteiger partial charge in [-0.1, -0.05) is 12.1 Å². The van der Waals surface area contributed by atoms with Crippen molar-refractivity contribution in [1.82, 2.24) is 15.6 Å². The first-order chi connectivity index (χ1) is 13.0. The van der Waals surface area contributed by atoms with Gasteiger partial charge in [0.2, 0.25) is 0 Å². The largest absolute Gasteiger partial charge is 0.381 e. The summed E-state index contributed by atoms with van der Waals surface area (Å²) in [6, 6.07) is 6.85. The molecule has 0 aliphatic carbocycles. The Bertz CT molecular complexity index is 769. The van der Waals surface area contributed by atoms with Crippen molar-refractivity contribution in [2.45, 2.75) is 38.6 Å². The molecule has 0 spiro atoms. The number of halogens is 2. The number of aliphatic imine (C=N–C) groups is 1. The third-order valence-corrected chi connectivity index (χ3v) is 6.28. The Morgan fingerprint density at radius 1 is 1.21 bits per heavy atom. The van der Waals surface area contributed by atoms with Gasteiger partial charge in [0.05, 0.1) is 12.2 Å². The van der Waals surface area contributed by atoms with E-state index in [4.69, 9.17) is 4.74 Å². The summed E-state index contributed by atoms with van der Waals surface area (Å²) in [4.78, 5) is 10.1. The lowest BCUT2D eigenvalue weighted by molar-refractivity contribution is 0.0513. The molecule has 2 heterocycles. The van der Waals surface area contributed by atoms with Crippen LogP contribution in [0.15, 0.2) is 29.3 Å². The first-order valence-corrected chi connectivity index (χ1v) is 10.1. The molecule has 0 saturated carbocycles. The summed E-state index contributed by atoms with van der Waals surface area (Å²) in [5, 5.41) is 7.84. The van der Waals surface area contributed by atoms with E-state index in [0.717, 1.165) is 41.6 Å². The second-order valence-electron chi connectivity index (χ2n) is 6.93. The topological polar surface area (TPSA) is 58.5 Å². The maximum absolute atomic E-state index is 13.4. The van der Waals surface area contributed by atoms with Crippen LogP contribution in [0, 0.1) is 19.7 Å². The number of aromatic nitrogens is 1. The fourth-order valence-electron chi connectivity index (χ4n) is 3.38. The van der Waals surface area contributed by atoms with Crippen molar-refractivity contribution in [1.29, 1.82) is 0 Å². The van der Waals surface area contributed by atoms with Gasteiger partial charge in [-0.25, -0.2) is 9.37 Å². The van der Waals surface area contributed by atoms with Gasteiger partial charge in [-0.15, -0.1) is 35.3 Å². The fourth-order valence-corrected chi connectivity index (χ4v) is 4.25. The van der Waals surface area contributed by atoms with Gasteiger partial charge in [0.1, 0.15) is 10.8 Å². The average molecular weight is 518 g/mol. The summed E-state index contributed by atoms with van der Waals surface area (Å²) in [5.74, 6) is 0.536. The molecule has 154 valence electrons. The molecule has 2 aromatic rings. The zero-order valence-corrected chi connectivity index (χ0v) is 19.7. The van der Waals surface area contributed by atoms with Gasteiger partial charge in [0, 0.05) is 37.1 Å². The molecule has 5 nitrogen and oxygen atoms in total. The lowest BCUT2D eigenvalue weighted by Crippen LogP contribution is -2.47. The highest BCUT2D eigenvalue weighted by Gasteiger charge is 2.34. The molecule has 1 aliphatic rings. The number of guanidine groups is 1. The van der Waals surface area contributed by atoms with Gasteiger partial charge in [-0.05, 0) is 44.4 Å². The third-order valence-electron chi connectivity index (χ3n) is 5.20. The van der Waals surface area contributed by atoms with E-state index in [1.807, 2.05) is 19.1 Å². The summed E-state index contributed by atoms with van der Waals surface area (Å²) in [6.45, 7) is 6.90. The second kappa shape index (κ2) is 10.5. The fraction of sp³-hybridized carbons (Fsp3) is 0.500. The van der Waals surface area contributed by atoms with Gasteiger partial charge in [-0.3, -0.25) is 4.99 Å². The van der Waals surface area contributed by atoms with Crippen LogP contribution >= 0.6 is 35.3 Å². The van der Waals surface area contributed by atoms with Crippen LogP contribution in [0.5, 0.6) is 0 Å². The zero-order valence-electron chi connectivity index (χ0n) is 16.5. The Morgan fingerprint density at radius 2 is 1.89 bits per heavy atom. The summed E-state index contributed by atoms with van der Waals surface area (Å²) >= 11 is 1.70. The van der Waals surface area contributed by atoms with Gasteiger partial charge in [0.15, 0.2) is 5.96 Å². The van der Waals surface area contributed by atoms with Crippen LogP contribution in [0.1, 0.15) is 34.0 Å². The summed E-state index contributed by atoms with van der Waals surface area (Å²) < 4.78 is 18.9. The van der Waals surface area contributed by atoms with Crippen LogP contribution in [0.3, 0.4) is 0 Å². The maximum Gasteiger partial charge on any atom is 0.191 e. The number of thiazole rings is 1. The predicted molar refractivity (Wildman–Crippen MR) is 123 cm³/mol. The Labute approximate surface area is 187 Å². The molecule has 1 aromatic carbocycles. The first kappa shape index (κ1) is 23.0. The molecule has 3 rings (SSSR count). The number of ether oxygens (including phenoxy) is 1. The Morgan fingerprint density at radius 3 is 2.46 bits per heavy atom. The van der Waals surface area contributed by atoms with Crippen molar-refractivity contribution in [3.63, 3.8) is 0 Å². The van der Waals surface area contributed by atoms with Crippen LogP contribution < -0.4 is 10.6 Å². The predicted octanol–water partition coefficient (Wildman–Crippen LogP) is 3.93. The Kier molecular flexibility index (Phi) is 8.63. The van der Waals surface area contributed by atoms with Crippen molar-refractivity contribution in [2.24, 2.45) is 4.99 Å². The molecule has 1 aliphatic heterocycles. The van der Waals surface area contributed by atoms with Crippen molar-refractivity contribution in [3.8, 4) is 0 Å². The van der Waals surface area contributed by atoms with E-state index >= 15 is 0 Å². The molecule has 1 fully saturated rings. The number of hydrogen-bond donors (Lipinski definition) is 2. The highest BCUT2D eigenvalue weighted by atomic mass is 127. The van der Waals surface area contributed by atoms with E-state index in [-0.39, 0.29) is 35.2 Å². The van der Waals surface area contributed by atoms with E-state index < -0.39 is 0 Å². The minimum atomic E-state index is -0.208. The molecule has 8 heteroatoms. The molecule has 0 atom stereocenters. The number of hydrogen-bond acceptors (Lipinski definition) is 4. The van der Waals surface area contributed by atoms with Gasteiger partial charge in [-0.2, -0.15) is 0 Å². The molecule has 0 bridgehead atoms. The van der Waals surface area contributed by atoms with Crippen molar-refractivity contribution in [2.75, 3.05) is 26.8 Å². The summed E-state index contributed by atoms with van der Waals surface area (Å²) in [7, 11) is 1.77. The van der Waals surface area contributed by atoms with Crippen LogP contribution in [0.2, 0.25) is 0 Å². The van der Waals surface area contributed by atoms with Crippen molar-refractivity contribution in [3.05, 3.63) is 51.2 Å². The smallest absolute Gasteiger partial charge is 0.191 e. The highest BCUT2D eigenvalue weighted by Crippen LogP contribution is 2.34. The number of nitrogens with one attached hydrogen (secondary N) is 2. The first-order valence-electron chi connectivity index (χ1n) is 9.24. The van der Waals surface area contributed by atoms with E-state index in [9.17, 15) is 4.39 Å². The zero-order chi connectivity index (χ0) is 19.3. The number of aryl methyl sites for hydroxylation is 2. The minimum Gasteiger partial charge on any atom is -0.381 e. The van der Waals surface area contributed by atoms with E-state index in [1.165, 1.54) is 17.0 Å². The molecule has 0 unspecified atom stereocenters. The molecule has 2 N–H and O–H groups in total. The van der Waals surface area contributed by atoms with E-state index in [0.29, 0.717) is 19.8 Å². The second-order valence-corrected chi connectivity index (χ2v) is 8.22. The normalized spacial score (nSPS) is 16.4. The van der Waals surface area contributed by atoms with Crippen LogP contribution in [0.25, 0.3) is 0 Å². The maximum atomic E-state index is 13.4. The molecular weight excluding hydrogens is 490 g/mol. The molecule has 0 radical (unpaired) electrons. The van der Waals surface area contributed by atoms with E-state index in [1.54, 1.807) is 18.4 Å². The van der Waals surface area contributed by atoms with Gasteiger partial charge < -0.3 is 15.4 Å². The highest BCUT2D eigenvalue weighted by molar-refractivity contribution is 14.0. The van der Waals surface area contributed by atoms with Crippen molar-refractivity contribution >= 4 is 41.3 Å². The lowest BCUT2D eigenvalue weighted by Gasteiger charge is -2.38. The number of nitrogens with zero attached hydrogens (tertiary/aromatic N) is 2. The van der Waals surface area contributed by atoms with Crippen LogP contribution in [-0.2, 0) is 16.7 Å². The Hall–Kier alpha value is -1.26. The quantitative estimate of drug-likeness (QED) is 0.358. The number of benzene rings is 1. The minimum absolute atomic E-state index is 0. The molecule has 1 aromatic heterocycles. The Balaban J connectivity index is 0.00000280. The number of rotatable bonds is 5. The SMILES string of the molecule is CN=C(NCc1nc(C)c(C)s1)NCC1(c2ccc(F)cc2)CCOCC1.I. The summed E-state index contributed by atoms with van der Waals surface area (Å²) in [6.07, 6.45) is 1.79. The lowest BCUT2D eigenvalue weighted by atomic mass is 9.74. The van der Waals surface area contributed by atoms with Gasteiger partial charge >= 0.3 is 0 Å². The standard InChI is InChI=1S/C20H27FN4OS.HI/c1-14-15(2)27-18(25-14)12-23-19(22-3)24-13-20(8-10-26-11-9-20)16-4-6-17(21)7-5-16;/h4-7H,8-13H2,1-3H3,(H2,22,23,24);1H. The summed E-state index contributed by atoms with van der Waals surface area (Å²) in [5.41, 5.74) is 2.14. The molecular formula is C20H28FIN4OS. The van der Waals surface area contributed by atoms with Gasteiger partial charge in [0.25, 0.3) is 0 Å². The molecule has 1 saturated heterocycles.